The van der Waals surface area contributed by atoms with Crippen LogP contribution in [0.4, 0.5) is 0 Å². The van der Waals surface area contributed by atoms with Gasteiger partial charge in [0.15, 0.2) is 5.79 Å². The van der Waals surface area contributed by atoms with E-state index in [4.69, 9.17) is 14.2 Å². The lowest BCUT2D eigenvalue weighted by molar-refractivity contribution is -0.188. The van der Waals surface area contributed by atoms with Crippen molar-refractivity contribution in [3.05, 3.63) is 71.8 Å². The zero-order chi connectivity index (χ0) is 20.4. The highest BCUT2D eigenvalue weighted by Gasteiger charge is 2.60. The molecular weight excluding hydrogens is 352 g/mol. The minimum absolute atomic E-state index is 0.553. The topological polar surface area (TPSA) is 44.8 Å². The van der Waals surface area contributed by atoms with E-state index in [0.29, 0.717) is 0 Å². The molecule has 3 rings (SSSR count). The van der Waals surface area contributed by atoms with Crippen molar-refractivity contribution in [3.8, 4) is 11.8 Å². The number of carbonyl (C=O) groups excluding carboxylic acids is 1. The van der Waals surface area contributed by atoms with E-state index in [9.17, 15) is 4.79 Å². The number of carbonyl (C=O) groups is 1. The average Bonchev–Trinajstić information content (AvgIpc) is 2.92. The van der Waals surface area contributed by atoms with Crippen LogP contribution in [-0.2, 0) is 19.0 Å². The van der Waals surface area contributed by atoms with Crippen molar-refractivity contribution in [1.82, 2.24) is 0 Å². The average molecular weight is 378 g/mol. The van der Waals surface area contributed by atoms with Gasteiger partial charge in [-0.25, -0.2) is 4.79 Å². The molecule has 1 fully saturated rings. The first-order valence-electron chi connectivity index (χ1n) is 9.36. The number of hydrogen-bond donors (Lipinski definition) is 0. The highest BCUT2D eigenvalue weighted by molar-refractivity contribution is 5.86. The Balaban J connectivity index is 2.13. The lowest BCUT2D eigenvalue weighted by Gasteiger charge is -2.30. The monoisotopic (exact) mass is 378 g/mol. The van der Waals surface area contributed by atoms with Gasteiger partial charge in [-0.05, 0) is 58.2 Å². The molecule has 0 amide bonds. The van der Waals surface area contributed by atoms with E-state index in [2.05, 4.69) is 11.8 Å². The molecule has 28 heavy (non-hydrogen) atoms. The summed E-state index contributed by atoms with van der Waals surface area (Å²) in [4.78, 5) is 13.3. The van der Waals surface area contributed by atoms with E-state index in [1.165, 1.54) is 0 Å². The van der Waals surface area contributed by atoms with Gasteiger partial charge >= 0.3 is 5.97 Å². The molecule has 0 aromatic heterocycles. The molecule has 2 aromatic rings. The van der Waals surface area contributed by atoms with Gasteiger partial charge in [-0.15, -0.1) is 0 Å². The summed E-state index contributed by atoms with van der Waals surface area (Å²) in [5.41, 5.74) is -0.670. The van der Waals surface area contributed by atoms with Crippen molar-refractivity contribution >= 4 is 5.97 Å². The zero-order valence-electron chi connectivity index (χ0n) is 17.0. The first-order valence-corrected chi connectivity index (χ1v) is 9.36. The summed E-state index contributed by atoms with van der Waals surface area (Å²) in [5, 5.41) is 0. The van der Waals surface area contributed by atoms with E-state index in [1.807, 2.05) is 81.4 Å². The number of ether oxygens (including phenoxy) is 3. The van der Waals surface area contributed by atoms with Crippen molar-refractivity contribution in [2.24, 2.45) is 0 Å². The minimum Gasteiger partial charge on any atom is -0.457 e. The van der Waals surface area contributed by atoms with Gasteiger partial charge in [-0.1, -0.05) is 54.5 Å². The highest BCUT2D eigenvalue weighted by atomic mass is 16.8. The fourth-order valence-corrected chi connectivity index (χ4v) is 3.09. The molecule has 1 aliphatic rings. The van der Waals surface area contributed by atoms with E-state index >= 15 is 0 Å². The minimum atomic E-state index is -1.58. The predicted molar refractivity (Wildman–Crippen MR) is 107 cm³/mol. The highest BCUT2D eigenvalue weighted by Crippen LogP contribution is 2.46. The van der Waals surface area contributed by atoms with Crippen molar-refractivity contribution in [2.75, 3.05) is 0 Å². The zero-order valence-corrected chi connectivity index (χ0v) is 17.0. The number of benzene rings is 2. The van der Waals surface area contributed by atoms with Gasteiger partial charge in [0.2, 0.25) is 0 Å². The SMILES string of the molecule is CC(C)(C)OC(=O)[C@@]1(C#Cc2ccccc2)OC(C)(C)O[C@H]1c1ccccc1. The molecule has 0 radical (unpaired) electrons. The van der Waals surface area contributed by atoms with Gasteiger partial charge in [-0.3, -0.25) is 0 Å². The van der Waals surface area contributed by atoms with Gasteiger partial charge < -0.3 is 14.2 Å². The molecule has 4 nitrogen and oxygen atoms in total. The van der Waals surface area contributed by atoms with Crippen molar-refractivity contribution in [1.29, 1.82) is 0 Å². The molecule has 1 saturated heterocycles. The Morgan fingerprint density at radius 3 is 2.14 bits per heavy atom. The van der Waals surface area contributed by atoms with Gasteiger partial charge in [0.1, 0.15) is 11.7 Å². The van der Waals surface area contributed by atoms with Gasteiger partial charge in [0.25, 0.3) is 5.60 Å². The quantitative estimate of drug-likeness (QED) is 0.564. The lowest BCUT2D eigenvalue weighted by atomic mass is 9.91. The van der Waals surface area contributed by atoms with Crippen LogP contribution >= 0.6 is 0 Å². The van der Waals surface area contributed by atoms with Gasteiger partial charge in [-0.2, -0.15) is 0 Å². The summed E-state index contributed by atoms with van der Waals surface area (Å²) in [6.45, 7) is 9.02. The Hall–Kier alpha value is -2.61. The molecule has 0 bridgehead atoms. The number of esters is 1. The maximum absolute atomic E-state index is 13.3. The van der Waals surface area contributed by atoms with Crippen molar-refractivity contribution in [3.63, 3.8) is 0 Å². The second-order valence-corrected chi connectivity index (χ2v) is 8.26. The second kappa shape index (κ2) is 7.43. The normalized spacial score (nSPS) is 23.5. The Morgan fingerprint density at radius 2 is 1.57 bits per heavy atom. The van der Waals surface area contributed by atoms with Crippen LogP contribution in [0.25, 0.3) is 0 Å². The molecule has 1 aliphatic heterocycles. The molecule has 146 valence electrons. The first-order chi connectivity index (χ1) is 13.1. The standard InChI is InChI=1S/C24H26O4/c1-22(2,3)27-21(25)24(17-16-18-12-8-6-9-13-18)20(26-23(4,5)28-24)19-14-10-7-11-15-19/h6-15,20H,1-5H3/t20-,24-/m0/s1. The molecule has 2 aromatic carbocycles. The maximum atomic E-state index is 13.3. The molecule has 0 unspecified atom stereocenters. The Bertz CT molecular complexity index is 885. The Morgan fingerprint density at radius 1 is 1.00 bits per heavy atom. The van der Waals surface area contributed by atoms with Crippen LogP contribution < -0.4 is 0 Å². The first kappa shape index (κ1) is 20.1. The number of rotatable bonds is 2. The third-order valence-corrected chi connectivity index (χ3v) is 4.15. The molecule has 0 N–H and O–H groups in total. The lowest BCUT2D eigenvalue weighted by Crippen LogP contribution is -2.47. The van der Waals surface area contributed by atoms with E-state index in [-0.39, 0.29) is 0 Å². The predicted octanol–water partition coefficient (Wildman–Crippen LogP) is 4.64. The molecule has 0 spiro atoms. The van der Waals surface area contributed by atoms with Crippen LogP contribution in [0.3, 0.4) is 0 Å². The summed E-state index contributed by atoms with van der Waals surface area (Å²) in [7, 11) is 0. The van der Waals surface area contributed by atoms with Crippen molar-refractivity contribution < 1.29 is 19.0 Å². The van der Waals surface area contributed by atoms with Gasteiger partial charge in [0, 0.05) is 5.56 Å². The summed E-state index contributed by atoms with van der Waals surface area (Å²) in [6.07, 6.45) is -0.713. The largest absolute Gasteiger partial charge is 0.457 e. The smallest absolute Gasteiger partial charge is 0.355 e. The fourth-order valence-electron chi connectivity index (χ4n) is 3.09. The molecule has 4 heteroatoms. The van der Waals surface area contributed by atoms with Gasteiger partial charge in [0.05, 0.1) is 0 Å². The molecule has 0 aliphatic carbocycles. The third-order valence-electron chi connectivity index (χ3n) is 4.15. The third kappa shape index (κ3) is 4.44. The molecule has 2 atom stereocenters. The summed E-state index contributed by atoms with van der Waals surface area (Å²) in [5.74, 6) is 4.59. The van der Waals surface area contributed by atoms with Crippen LogP contribution in [0.1, 0.15) is 51.8 Å². The fraction of sp³-hybridized carbons (Fsp3) is 0.375. The van der Waals surface area contributed by atoms with Crippen LogP contribution in [0.15, 0.2) is 60.7 Å². The molecular formula is C24H26O4. The van der Waals surface area contributed by atoms with Crippen LogP contribution in [0.5, 0.6) is 0 Å². The van der Waals surface area contributed by atoms with Crippen molar-refractivity contribution in [2.45, 2.75) is 57.7 Å². The van der Waals surface area contributed by atoms with Crippen LogP contribution in [0, 0.1) is 11.8 Å². The summed E-state index contributed by atoms with van der Waals surface area (Å²) in [6, 6.07) is 19.0. The Kier molecular flexibility index (Phi) is 5.34. The maximum Gasteiger partial charge on any atom is 0.355 e. The van der Waals surface area contributed by atoms with E-state index in [1.54, 1.807) is 13.8 Å². The van der Waals surface area contributed by atoms with Crippen LogP contribution in [-0.4, -0.2) is 23.0 Å². The summed E-state index contributed by atoms with van der Waals surface area (Å²) < 4.78 is 18.0. The van der Waals surface area contributed by atoms with Crippen LogP contribution in [0.2, 0.25) is 0 Å². The number of hydrogen-bond acceptors (Lipinski definition) is 4. The van der Waals surface area contributed by atoms with E-state index in [0.717, 1.165) is 11.1 Å². The Labute approximate surface area is 166 Å². The molecule has 1 heterocycles. The summed E-state index contributed by atoms with van der Waals surface area (Å²) >= 11 is 0. The molecule has 0 saturated carbocycles. The second-order valence-electron chi connectivity index (χ2n) is 8.26. The van der Waals surface area contributed by atoms with E-state index < -0.39 is 29.1 Å².